The SMILES string of the molecule is Cl.Cl.Nc1ccc(N)c(-c2ccsc2CN2CCC(O)CC2)c1. The van der Waals surface area contributed by atoms with E-state index < -0.39 is 0 Å². The van der Waals surface area contributed by atoms with Gasteiger partial charge in [0, 0.05) is 41.4 Å². The normalized spacial score (nSPS) is 15.7. The molecule has 128 valence electrons. The molecule has 0 aliphatic carbocycles. The summed E-state index contributed by atoms with van der Waals surface area (Å²) in [6.45, 7) is 2.81. The zero-order valence-corrected chi connectivity index (χ0v) is 15.2. The third-order valence-electron chi connectivity index (χ3n) is 4.04. The fourth-order valence-corrected chi connectivity index (χ4v) is 3.72. The Morgan fingerprint density at radius 2 is 1.78 bits per heavy atom. The van der Waals surface area contributed by atoms with Crippen LogP contribution in [0, 0.1) is 0 Å². The van der Waals surface area contributed by atoms with E-state index in [0.29, 0.717) is 0 Å². The number of hydrogen-bond acceptors (Lipinski definition) is 5. The molecule has 0 unspecified atom stereocenters. The first-order chi connectivity index (χ1) is 10.1. The highest BCUT2D eigenvalue weighted by Gasteiger charge is 2.19. The number of rotatable bonds is 3. The van der Waals surface area contributed by atoms with E-state index >= 15 is 0 Å². The van der Waals surface area contributed by atoms with Crippen molar-refractivity contribution in [3.05, 3.63) is 34.5 Å². The Morgan fingerprint density at radius 3 is 2.48 bits per heavy atom. The van der Waals surface area contributed by atoms with E-state index in [2.05, 4.69) is 16.3 Å². The Bertz CT molecular complexity index is 628. The predicted octanol–water partition coefficient (Wildman–Crippen LogP) is 3.38. The highest BCUT2D eigenvalue weighted by molar-refractivity contribution is 7.10. The van der Waals surface area contributed by atoms with Gasteiger partial charge in [0.15, 0.2) is 0 Å². The molecule has 1 aliphatic rings. The van der Waals surface area contributed by atoms with Gasteiger partial charge in [-0.3, -0.25) is 4.90 Å². The lowest BCUT2D eigenvalue weighted by molar-refractivity contribution is 0.0798. The molecule has 0 amide bonds. The summed E-state index contributed by atoms with van der Waals surface area (Å²) in [4.78, 5) is 3.70. The van der Waals surface area contributed by atoms with Gasteiger partial charge in [-0.15, -0.1) is 36.2 Å². The molecule has 1 aromatic heterocycles. The quantitative estimate of drug-likeness (QED) is 0.718. The molecule has 1 aliphatic heterocycles. The fraction of sp³-hybridized carbons (Fsp3) is 0.375. The van der Waals surface area contributed by atoms with Crippen molar-refractivity contribution in [3.8, 4) is 11.1 Å². The average Bonchev–Trinajstić information content (AvgIpc) is 2.92. The summed E-state index contributed by atoms with van der Waals surface area (Å²) in [7, 11) is 0. The van der Waals surface area contributed by atoms with Crippen LogP contribution >= 0.6 is 36.2 Å². The molecule has 4 nitrogen and oxygen atoms in total. The van der Waals surface area contributed by atoms with E-state index in [9.17, 15) is 5.11 Å². The number of aliphatic hydroxyl groups excluding tert-OH is 1. The number of anilines is 2. The van der Waals surface area contributed by atoms with E-state index in [1.165, 1.54) is 10.4 Å². The number of nitrogen functional groups attached to an aromatic ring is 2. The molecule has 0 saturated carbocycles. The van der Waals surface area contributed by atoms with Crippen molar-refractivity contribution < 1.29 is 5.11 Å². The van der Waals surface area contributed by atoms with Gasteiger partial charge < -0.3 is 16.6 Å². The Hall–Kier alpha value is -0.980. The first-order valence-corrected chi connectivity index (χ1v) is 8.13. The number of piperidine rings is 1. The molecule has 3 rings (SSSR count). The van der Waals surface area contributed by atoms with Crippen molar-refractivity contribution >= 4 is 47.5 Å². The van der Waals surface area contributed by atoms with E-state index in [1.54, 1.807) is 11.3 Å². The standard InChI is InChI=1S/C16H21N3OS.2ClH/c17-11-1-2-15(18)14(9-11)13-5-8-21-16(13)10-19-6-3-12(20)4-7-19;;/h1-2,5,8-9,12,20H,3-4,6-7,10,17-18H2;2*1H. The molecular weight excluding hydrogens is 353 g/mol. The summed E-state index contributed by atoms with van der Waals surface area (Å²) >= 11 is 1.75. The Labute approximate surface area is 153 Å². The minimum atomic E-state index is -0.131. The van der Waals surface area contributed by atoms with Gasteiger partial charge in [-0.05, 0) is 48.1 Å². The lowest BCUT2D eigenvalue weighted by Crippen LogP contribution is -2.35. The minimum absolute atomic E-state index is 0. The third-order valence-corrected chi connectivity index (χ3v) is 4.94. The summed E-state index contributed by atoms with van der Waals surface area (Å²) in [5, 5.41) is 11.7. The first kappa shape index (κ1) is 20.1. The van der Waals surface area contributed by atoms with Gasteiger partial charge in [-0.2, -0.15) is 0 Å². The summed E-state index contributed by atoms with van der Waals surface area (Å²) in [5.41, 5.74) is 15.7. The van der Waals surface area contributed by atoms with Gasteiger partial charge in [0.2, 0.25) is 0 Å². The van der Waals surface area contributed by atoms with Gasteiger partial charge in [0.05, 0.1) is 6.10 Å². The van der Waals surface area contributed by atoms with Crippen LogP contribution in [0.25, 0.3) is 11.1 Å². The summed E-state index contributed by atoms with van der Waals surface area (Å²) in [5.74, 6) is 0. The molecule has 0 atom stereocenters. The zero-order chi connectivity index (χ0) is 14.8. The molecule has 7 heteroatoms. The Balaban J connectivity index is 0.00000132. The van der Waals surface area contributed by atoms with E-state index in [-0.39, 0.29) is 30.9 Å². The van der Waals surface area contributed by atoms with Crippen LogP contribution in [-0.4, -0.2) is 29.2 Å². The van der Waals surface area contributed by atoms with Crippen LogP contribution in [0.5, 0.6) is 0 Å². The molecule has 1 fully saturated rings. The van der Waals surface area contributed by atoms with Crippen molar-refractivity contribution in [1.82, 2.24) is 4.90 Å². The summed E-state index contributed by atoms with van der Waals surface area (Å²) in [6, 6.07) is 7.75. The maximum absolute atomic E-state index is 9.60. The number of likely N-dealkylation sites (tertiary alicyclic amines) is 1. The number of hydrogen-bond donors (Lipinski definition) is 3. The topological polar surface area (TPSA) is 75.5 Å². The first-order valence-electron chi connectivity index (χ1n) is 7.25. The average molecular weight is 376 g/mol. The second-order valence-corrected chi connectivity index (χ2v) is 6.61. The van der Waals surface area contributed by atoms with Crippen molar-refractivity contribution in [2.24, 2.45) is 0 Å². The van der Waals surface area contributed by atoms with E-state index in [4.69, 9.17) is 11.5 Å². The van der Waals surface area contributed by atoms with Crippen molar-refractivity contribution in [2.75, 3.05) is 24.6 Å². The lowest BCUT2D eigenvalue weighted by Gasteiger charge is -2.29. The lowest BCUT2D eigenvalue weighted by atomic mass is 10.0. The van der Waals surface area contributed by atoms with Gasteiger partial charge >= 0.3 is 0 Å². The molecule has 2 aromatic rings. The number of benzene rings is 1. The zero-order valence-electron chi connectivity index (χ0n) is 12.8. The molecule has 0 radical (unpaired) electrons. The van der Waals surface area contributed by atoms with Gasteiger partial charge in [-0.1, -0.05) is 0 Å². The highest BCUT2D eigenvalue weighted by Crippen LogP contribution is 2.34. The number of thiophene rings is 1. The van der Waals surface area contributed by atoms with Crippen molar-refractivity contribution in [1.29, 1.82) is 0 Å². The van der Waals surface area contributed by atoms with Crippen LogP contribution in [0.2, 0.25) is 0 Å². The van der Waals surface area contributed by atoms with Gasteiger partial charge in [-0.25, -0.2) is 0 Å². The smallest absolute Gasteiger partial charge is 0.0564 e. The molecule has 1 saturated heterocycles. The van der Waals surface area contributed by atoms with Crippen LogP contribution in [0.3, 0.4) is 0 Å². The Kier molecular flexibility index (Phi) is 7.64. The van der Waals surface area contributed by atoms with Crippen LogP contribution in [0.1, 0.15) is 17.7 Å². The maximum atomic E-state index is 9.60. The van der Waals surface area contributed by atoms with Crippen LogP contribution in [-0.2, 0) is 6.54 Å². The maximum Gasteiger partial charge on any atom is 0.0564 e. The summed E-state index contributed by atoms with van der Waals surface area (Å²) in [6.07, 6.45) is 1.59. The minimum Gasteiger partial charge on any atom is -0.399 e. The Morgan fingerprint density at radius 1 is 1.09 bits per heavy atom. The van der Waals surface area contributed by atoms with Gasteiger partial charge in [0.25, 0.3) is 0 Å². The second kappa shape index (κ2) is 8.76. The monoisotopic (exact) mass is 375 g/mol. The number of halogens is 2. The predicted molar refractivity (Wildman–Crippen MR) is 104 cm³/mol. The summed E-state index contributed by atoms with van der Waals surface area (Å²) < 4.78 is 0. The van der Waals surface area contributed by atoms with Crippen LogP contribution < -0.4 is 11.5 Å². The molecule has 1 aromatic carbocycles. The number of nitrogens with two attached hydrogens (primary N) is 2. The molecule has 5 N–H and O–H groups in total. The molecule has 0 spiro atoms. The number of aliphatic hydroxyl groups is 1. The van der Waals surface area contributed by atoms with Gasteiger partial charge in [0.1, 0.15) is 0 Å². The van der Waals surface area contributed by atoms with Crippen LogP contribution in [0.15, 0.2) is 29.6 Å². The van der Waals surface area contributed by atoms with Crippen LogP contribution in [0.4, 0.5) is 11.4 Å². The molecule has 2 heterocycles. The fourth-order valence-electron chi connectivity index (χ4n) is 2.79. The van der Waals surface area contributed by atoms with E-state index in [0.717, 1.165) is 49.4 Å². The van der Waals surface area contributed by atoms with Crippen molar-refractivity contribution in [3.63, 3.8) is 0 Å². The number of nitrogens with zero attached hydrogens (tertiary/aromatic N) is 1. The third kappa shape index (κ3) is 4.75. The van der Waals surface area contributed by atoms with E-state index in [1.807, 2.05) is 18.2 Å². The molecule has 23 heavy (non-hydrogen) atoms. The molecular formula is C16H23Cl2N3OS. The largest absolute Gasteiger partial charge is 0.399 e. The molecule has 0 bridgehead atoms. The second-order valence-electron chi connectivity index (χ2n) is 5.61. The highest BCUT2D eigenvalue weighted by atomic mass is 35.5. The van der Waals surface area contributed by atoms with Crippen molar-refractivity contribution in [2.45, 2.75) is 25.5 Å².